The minimum absolute atomic E-state index is 0. The molecule has 284 valence electrons. The maximum atomic E-state index is 15.7. The molecule has 48 heavy (non-hydrogen) atoms. The molecule has 0 aliphatic heterocycles. The second kappa shape index (κ2) is 22.8. The fraction of sp³-hybridized carbons (Fsp3) is 0.950. The summed E-state index contributed by atoms with van der Waals surface area (Å²) < 4.78 is 31.4. The molecule has 0 heterocycles. The molecule has 4 aliphatic rings. The van der Waals surface area contributed by atoms with Gasteiger partial charge in [0.15, 0.2) is 0 Å². The molecule has 8 heteroatoms. The van der Waals surface area contributed by atoms with E-state index in [0.29, 0.717) is 60.1 Å². The topological polar surface area (TPSA) is 143 Å². The van der Waals surface area contributed by atoms with Crippen molar-refractivity contribution >= 4 is 0 Å². The van der Waals surface area contributed by atoms with Gasteiger partial charge in [-0.15, -0.1) is 0 Å². The summed E-state index contributed by atoms with van der Waals surface area (Å²) in [6.45, 7) is 8.84. The first-order chi connectivity index (χ1) is 22.3. The Bertz CT molecular complexity index is 865. The lowest BCUT2D eigenvalue weighted by atomic mass is 9.59. The van der Waals surface area contributed by atoms with Gasteiger partial charge >= 0.3 is 0 Å². The Kier molecular flexibility index (Phi) is 20.5. The highest BCUT2D eigenvalue weighted by molar-refractivity contribution is 4.95. The van der Waals surface area contributed by atoms with Crippen LogP contribution < -0.4 is 28.3 Å². The van der Waals surface area contributed by atoms with Crippen LogP contribution in [0.2, 0.25) is 0 Å². The van der Waals surface area contributed by atoms with Crippen molar-refractivity contribution in [3.63, 3.8) is 0 Å². The van der Waals surface area contributed by atoms with E-state index in [9.17, 15) is 0 Å². The second-order valence-electron chi connectivity index (χ2n) is 17.0. The molecule has 4 fully saturated rings. The molecule has 0 spiro atoms. The van der Waals surface area contributed by atoms with Gasteiger partial charge in [-0.05, 0) is 176 Å². The Balaban J connectivity index is 0.00000400. The summed E-state index contributed by atoms with van der Waals surface area (Å²) in [5, 5.41) is 6.63. The van der Waals surface area contributed by atoms with E-state index in [1.165, 1.54) is 83.5 Å². The quantitative estimate of drug-likeness (QED) is 0.0920. The summed E-state index contributed by atoms with van der Waals surface area (Å²) in [7, 11) is 2.07. The summed E-state index contributed by atoms with van der Waals surface area (Å²) in [6.07, 6.45) is 22.7. The summed E-state index contributed by atoms with van der Waals surface area (Å²) in [5.41, 5.74) is 11.6. The molecule has 4 rings (SSSR count). The minimum Gasteiger partial charge on any atom is -0.412 e. The Labute approximate surface area is 294 Å². The average molecular weight is 684 g/mol. The van der Waals surface area contributed by atoms with E-state index in [4.69, 9.17) is 11.5 Å². The van der Waals surface area contributed by atoms with Crippen LogP contribution >= 0.6 is 0 Å². The summed E-state index contributed by atoms with van der Waals surface area (Å²) in [5.74, 6) is 6.45. The zero-order chi connectivity index (χ0) is 32.9. The molecule has 0 saturated heterocycles. The first kappa shape index (κ1) is 43.2. The number of hydrogen-bond acceptors (Lipinski definition) is 5. The highest BCUT2D eigenvalue weighted by Gasteiger charge is 2.44. The minimum atomic E-state index is -0.718. The highest BCUT2D eigenvalue weighted by Crippen LogP contribution is 2.52. The van der Waals surface area contributed by atoms with Gasteiger partial charge in [0.05, 0.1) is 5.82 Å². The van der Waals surface area contributed by atoms with Gasteiger partial charge in [-0.25, -0.2) is 8.78 Å². The summed E-state index contributed by atoms with van der Waals surface area (Å²) in [4.78, 5) is 0. The predicted molar refractivity (Wildman–Crippen MR) is 200 cm³/mol. The van der Waals surface area contributed by atoms with Crippen LogP contribution in [0.1, 0.15) is 142 Å². The van der Waals surface area contributed by atoms with E-state index in [2.05, 4.69) is 31.2 Å². The maximum Gasteiger partial charge on any atom is 0.101 e. The predicted octanol–water partition coefficient (Wildman–Crippen LogP) is 8.63. The number of rotatable bonds is 18. The van der Waals surface area contributed by atoms with E-state index in [-0.39, 0.29) is 11.6 Å². The lowest BCUT2D eigenvalue weighted by molar-refractivity contribution is 0.00215. The van der Waals surface area contributed by atoms with Gasteiger partial charge in [-0.1, -0.05) is 52.0 Å². The van der Waals surface area contributed by atoms with Gasteiger partial charge in [0.1, 0.15) is 12.3 Å². The van der Waals surface area contributed by atoms with E-state index in [1.54, 1.807) is 0 Å². The Morgan fingerprint density at radius 1 is 0.604 bits per heavy atom. The van der Waals surface area contributed by atoms with Gasteiger partial charge in [0.2, 0.25) is 0 Å². The third kappa shape index (κ3) is 14.0. The van der Waals surface area contributed by atoms with E-state index < -0.39 is 12.3 Å². The van der Waals surface area contributed by atoms with Crippen LogP contribution in [0.25, 0.3) is 0 Å². The van der Waals surface area contributed by atoms with Crippen LogP contribution in [-0.4, -0.2) is 44.5 Å². The maximum absolute atomic E-state index is 15.7. The van der Waals surface area contributed by atoms with Crippen LogP contribution in [0, 0.1) is 59.2 Å². The molecule has 0 aromatic rings. The first-order valence-corrected chi connectivity index (χ1v) is 20.1. The number of unbranched alkanes of at least 4 members (excludes halogenated alkanes) is 3. The zero-order valence-corrected chi connectivity index (χ0v) is 31.2. The molecule has 0 bridgehead atoms. The Morgan fingerprint density at radius 2 is 1.00 bits per heavy atom. The molecular weight excluding hydrogens is 604 g/mol. The number of nitrogens with one attached hydrogen (secondary N) is 2. The lowest BCUT2D eigenvalue weighted by Gasteiger charge is -2.47. The second-order valence-corrected chi connectivity index (χ2v) is 17.0. The smallest absolute Gasteiger partial charge is 0.101 e. The molecule has 0 aromatic heterocycles. The van der Waals surface area contributed by atoms with Crippen LogP contribution in [0.3, 0.4) is 0 Å². The molecule has 0 aromatic carbocycles. The molecule has 12 atom stereocenters. The third-order valence-electron chi connectivity index (χ3n) is 13.3. The first-order valence-electron chi connectivity index (χ1n) is 20.1. The van der Waals surface area contributed by atoms with E-state index in [0.717, 1.165) is 75.9 Å². The van der Waals surface area contributed by atoms with Crippen LogP contribution in [0.15, 0.2) is 12.4 Å². The van der Waals surface area contributed by atoms with Gasteiger partial charge in [-0.2, -0.15) is 0 Å². The van der Waals surface area contributed by atoms with Crippen LogP contribution in [0.5, 0.6) is 0 Å². The fourth-order valence-corrected chi connectivity index (χ4v) is 11.2. The van der Waals surface area contributed by atoms with Gasteiger partial charge in [0.25, 0.3) is 0 Å². The SMILES string of the molecule is C=C(N)NCCC1CC(CCCCN)CC(C2CC(F)CC(C3CC(F)CC(C4CC(CCCCC)CC(CCNC)C4)C3)C2)C1.N.O. The standard InChI is InChI=1S/C40H74F2N4.H3N.H2O/c1-4-5-6-9-29-16-31(11-14-45-3)20-33(18-29)35-22-37(26-39(41)24-35)38-23-36(25-40(42)27-38)34-19-30(10-7-8-13-43)17-32(21-34)12-15-46-28(2)44;;/h29-40,45-46H,2,4-27,43-44H2,1,3H3;1H3;1H2. The van der Waals surface area contributed by atoms with E-state index >= 15 is 8.78 Å². The van der Waals surface area contributed by atoms with Crippen molar-refractivity contribution in [2.75, 3.05) is 26.7 Å². The summed E-state index contributed by atoms with van der Waals surface area (Å²) in [6, 6.07) is 0. The van der Waals surface area contributed by atoms with Crippen LogP contribution in [0.4, 0.5) is 8.78 Å². The largest absolute Gasteiger partial charge is 0.412 e. The Morgan fingerprint density at radius 3 is 1.40 bits per heavy atom. The van der Waals surface area contributed by atoms with Crippen molar-refractivity contribution in [1.82, 2.24) is 16.8 Å². The van der Waals surface area contributed by atoms with Crippen molar-refractivity contribution in [2.45, 2.75) is 154 Å². The monoisotopic (exact) mass is 684 g/mol. The molecule has 12 unspecified atom stereocenters. The Hall–Kier alpha value is -0.960. The van der Waals surface area contributed by atoms with Gasteiger partial charge in [-0.3, -0.25) is 0 Å². The number of nitrogens with two attached hydrogens (primary N) is 2. The van der Waals surface area contributed by atoms with Crippen molar-refractivity contribution < 1.29 is 14.3 Å². The molecule has 6 nitrogen and oxygen atoms in total. The number of halogens is 2. The molecule has 0 amide bonds. The van der Waals surface area contributed by atoms with Gasteiger partial charge in [0, 0.05) is 6.54 Å². The van der Waals surface area contributed by atoms with E-state index in [1.807, 2.05) is 0 Å². The number of hydrogen-bond donors (Lipinski definition) is 5. The average Bonchev–Trinajstić information content (AvgIpc) is 3.03. The van der Waals surface area contributed by atoms with Crippen molar-refractivity contribution in [3.8, 4) is 0 Å². The molecule has 4 aliphatic carbocycles. The van der Waals surface area contributed by atoms with Crippen LogP contribution in [-0.2, 0) is 0 Å². The molecule has 11 N–H and O–H groups in total. The number of alkyl halides is 2. The molecule has 0 radical (unpaired) electrons. The zero-order valence-electron chi connectivity index (χ0n) is 31.2. The van der Waals surface area contributed by atoms with Crippen molar-refractivity contribution in [1.29, 1.82) is 0 Å². The molecule has 4 saturated carbocycles. The lowest BCUT2D eigenvalue weighted by Crippen LogP contribution is -2.40. The van der Waals surface area contributed by atoms with Gasteiger partial charge < -0.3 is 33.7 Å². The normalized spacial score (nSPS) is 37.2. The van der Waals surface area contributed by atoms with Crippen molar-refractivity contribution in [3.05, 3.63) is 12.4 Å². The van der Waals surface area contributed by atoms with Crippen molar-refractivity contribution in [2.24, 2.45) is 70.6 Å². The molecular formula is C40H79F2N5O. The third-order valence-corrected chi connectivity index (χ3v) is 13.3. The summed E-state index contributed by atoms with van der Waals surface area (Å²) >= 11 is 0. The highest BCUT2D eigenvalue weighted by atomic mass is 19.1. The fourth-order valence-electron chi connectivity index (χ4n) is 11.2.